The Morgan fingerprint density at radius 1 is 0.400 bits per heavy atom. The van der Waals surface area contributed by atoms with Gasteiger partial charge in [-0.05, 0) is 18.8 Å². The van der Waals surface area contributed by atoms with Crippen LogP contribution in [0.25, 0.3) is 0 Å². The molecule has 0 aromatic carbocycles. The summed E-state index contributed by atoms with van der Waals surface area (Å²) in [6, 6.07) is 0.466. The molecule has 2 N–H and O–H groups in total. The molecule has 0 aliphatic heterocycles. The van der Waals surface area contributed by atoms with Crippen molar-refractivity contribution in [3.05, 3.63) is 0 Å². The number of unbranched alkanes of at least 4 members (excludes halogenated alkanes) is 19. The number of hydrogen-bond acceptors (Lipinski definition) is 1. The summed E-state index contributed by atoms with van der Waals surface area (Å²) in [6.07, 6.45) is 34.0. The fraction of sp³-hybridized carbons (Fsp3) is 1.00. The minimum absolute atomic E-state index is 0.466. The molecule has 0 fully saturated rings. The first-order chi connectivity index (χ1) is 14.7. The van der Waals surface area contributed by atoms with Crippen LogP contribution in [-0.2, 0) is 0 Å². The van der Waals surface area contributed by atoms with Gasteiger partial charge in [0.1, 0.15) is 0 Å². The fourth-order valence-corrected chi connectivity index (χ4v) is 4.59. The molecular formula is C29H61N. The summed E-state index contributed by atoms with van der Waals surface area (Å²) in [5.74, 6) is 0.878. The van der Waals surface area contributed by atoms with Crippen molar-refractivity contribution in [3.8, 4) is 0 Å². The second-order valence-electron chi connectivity index (χ2n) is 10.6. The molecule has 1 heteroatoms. The molecule has 0 heterocycles. The van der Waals surface area contributed by atoms with Crippen LogP contribution in [0.3, 0.4) is 0 Å². The zero-order valence-corrected chi connectivity index (χ0v) is 21.7. The summed E-state index contributed by atoms with van der Waals surface area (Å²) in [7, 11) is 0. The molecule has 0 aromatic heterocycles. The van der Waals surface area contributed by atoms with Gasteiger partial charge < -0.3 is 5.73 Å². The first-order valence-corrected chi connectivity index (χ1v) is 14.4. The maximum atomic E-state index is 6.32. The highest BCUT2D eigenvalue weighted by Gasteiger charge is 2.03. The first-order valence-electron chi connectivity index (χ1n) is 14.4. The lowest BCUT2D eigenvalue weighted by atomic mass is 9.99. The molecule has 0 aromatic rings. The Morgan fingerprint density at radius 2 is 0.667 bits per heavy atom. The van der Waals surface area contributed by atoms with Gasteiger partial charge in [-0.1, -0.05) is 162 Å². The zero-order valence-electron chi connectivity index (χ0n) is 21.7. The van der Waals surface area contributed by atoms with Gasteiger partial charge in [-0.15, -0.1) is 0 Å². The minimum Gasteiger partial charge on any atom is -0.328 e. The average molecular weight is 424 g/mol. The molecule has 1 nitrogen and oxygen atoms in total. The lowest BCUT2D eigenvalue weighted by Crippen LogP contribution is -2.19. The van der Waals surface area contributed by atoms with E-state index in [0.29, 0.717) is 6.04 Å². The molecular weight excluding hydrogens is 362 g/mol. The van der Waals surface area contributed by atoms with Gasteiger partial charge in [0, 0.05) is 6.04 Å². The molecule has 0 aliphatic rings. The monoisotopic (exact) mass is 423 g/mol. The van der Waals surface area contributed by atoms with Crippen LogP contribution in [0.1, 0.15) is 175 Å². The quantitative estimate of drug-likeness (QED) is 0.145. The average Bonchev–Trinajstić information content (AvgIpc) is 2.72. The highest BCUT2D eigenvalue weighted by molar-refractivity contribution is 4.62. The molecule has 1 atom stereocenters. The summed E-state index contributed by atoms with van der Waals surface area (Å²) in [5, 5.41) is 0. The van der Waals surface area contributed by atoms with E-state index in [2.05, 4.69) is 20.8 Å². The van der Waals surface area contributed by atoms with Crippen molar-refractivity contribution in [1.82, 2.24) is 0 Å². The van der Waals surface area contributed by atoms with Crippen LogP contribution in [0.5, 0.6) is 0 Å². The Balaban J connectivity index is 3.13. The Kier molecular flexibility index (Phi) is 25.2. The van der Waals surface area contributed by atoms with Crippen LogP contribution in [-0.4, -0.2) is 6.04 Å². The summed E-state index contributed by atoms with van der Waals surface area (Å²) in [4.78, 5) is 0. The molecule has 0 saturated carbocycles. The van der Waals surface area contributed by atoms with Crippen LogP contribution >= 0.6 is 0 Å². The van der Waals surface area contributed by atoms with Gasteiger partial charge in [0.05, 0.1) is 0 Å². The van der Waals surface area contributed by atoms with E-state index in [0.717, 1.165) is 5.92 Å². The maximum absolute atomic E-state index is 6.32. The van der Waals surface area contributed by atoms with E-state index in [1.807, 2.05) is 0 Å². The predicted octanol–water partition coefficient (Wildman–Crippen LogP) is 10.4. The second kappa shape index (κ2) is 25.2. The van der Waals surface area contributed by atoms with Crippen molar-refractivity contribution in [1.29, 1.82) is 0 Å². The summed E-state index contributed by atoms with van der Waals surface area (Å²) < 4.78 is 0. The van der Waals surface area contributed by atoms with Crippen LogP contribution in [0.4, 0.5) is 0 Å². The third-order valence-corrected chi connectivity index (χ3v) is 6.78. The van der Waals surface area contributed by atoms with Gasteiger partial charge >= 0.3 is 0 Å². The minimum atomic E-state index is 0.466. The van der Waals surface area contributed by atoms with Crippen LogP contribution in [0.2, 0.25) is 0 Å². The summed E-state index contributed by atoms with van der Waals surface area (Å²) in [5.41, 5.74) is 6.32. The molecule has 0 amide bonds. The van der Waals surface area contributed by atoms with Crippen molar-refractivity contribution < 1.29 is 0 Å². The van der Waals surface area contributed by atoms with Crippen molar-refractivity contribution >= 4 is 0 Å². The molecule has 0 saturated heterocycles. The smallest absolute Gasteiger partial charge is 0.00388 e. The Hall–Kier alpha value is -0.0400. The topological polar surface area (TPSA) is 26.0 Å². The van der Waals surface area contributed by atoms with E-state index in [1.54, 1.807) is 0 Å². The molecule has 30 heavy (non-hydrogen) atoms. The van der Waals surface area contributed by atoms with E-state index in [9.17, 15) is 0 Å². The van der Waals surface area contributed by atoms with Gasteiger partial charge in [-0.2, -0.15) is 0 Å². The van der Waals surface area contributed by atoms with Crippen molar-refractivity contribution in [2.75, 3.05) is 0 Å². The van der Waals surface area contributed by atoms with Gasteiger partial charge in [0.2, 0.25) is 0 Å². The third-order valence-electron chi connectivity index (χ3n) is 6.78. The van der Waals surface area contributed by atoms with Crippen LogP contribution < -0.4 is 5.73 Å². The largest absolute Gasteiger partial charge is 0.328 e. The van der Waals surface area contributed by atoms with Gasteiger partial charge in [-0.25, -0.2) is 0 Å². The first kappa shape index (κ1) is 30.0. The van der Waals surface area contributed by atoms with Gasteiger partial charge in [-0.3, -0.25) is 0 Å². The van der Waals surface area contributed by atoms with E-state index in [-0.39, 0.29) is 0 Å². The van der Waals surface area contributed by atoms with E-state index < -0.39 is 0 Å². The third kappa shape index (κ3) is 26.0. The Morgan fingerprint density at radius 3 is 0.967 bits per heavy atom. The molecule has 0 rings (SSSR count). The normalized spacial score (nSPS) is 12.7. The van der Waals surface area contributed by atoms with Crippen LogP contribution in [0.15, 0.2) is 0 Å². The highest BCUT2D eigenvalue weighted by atomic mass is 14.6. The fourth-order valence-electron chi connectivity index (χ4n) is 4.59. The highest BCUT2D eigenvalue weighted by Crippen LogP contribution is 2.16. The standard InChI is InChI=1S/C29H61N/c1-4-5-6-7-8-9-10-11-12-13-14-15-16-20-23-26-29(30)27-24-21-18-17-19-22-25-28(2)3/h28-29H,4-27,30H2,1-3H3. The Bertz CT molecular complexity index is 299. The predicted molar refractivity (Wildman–Crippen MR) is 139 cm³/mol. The van der Waals surface area contributed by atoms with Crippen LogP contribution in [0, 0.1) is 5.92 Å². The summed E-state index contributed by atoms with van der Waals surface area (Å²) >= 11 is 0. The molecule has 1 unspecified atom stereocenters. The second-order valence-corrected chi connectivity index (χ2v) is 10.6. The molecule has 0 aliphatic carbocycles. The van der Waals surface area contributed by atoms with Crippen molar-refractivity contribution in [2.24, 2.45) is 11.7 Å². The Labute approximate surface area is 192 Å². The van der Waals surface area contributed by atoms with Gasteiger partial charge in [0.25, 0.3) is 0 Å². The molecule has 182 valence electrons. The SMILES string of the molecule is CCCCCCCCCCCCCCCCCC(N)CCCCCCCCC(C)C. The lowest BCUT2D eigenvalue weighted by Gasteiger charge is -2.11. The van der Waals surface area contributed by atoms with Gasteiger partial charge in [0.15, 0.2) is 0 Å². The molecule has 0 bridgehead atoms. The van der Waals surface area contributed by atoms with E-state index in [4.69, 9.17) is 5.73 Å². The molecule has 0 spiro atoms. The number of nitrogens with two attached hydrogens (primary N) is 1. The molecule has 0 radical (unpaired) electrons. The van der Waals surface area contributed by atoms with Crippen molar-refractivity contribution in [2.45, 2.75) is 181 Å². The summed E-state index contributed by atoms with van der Waals surface area (Å²) in [6.45, 7) is 6.97. The number of hydrogen-bond donors (Lipinski definition) is 1. The maximum Gasteiger partial charge on any atom is 0.00388 e. The van der Waals surface area contributed by atoms with Crippen molar-refractivity contribution in [3.63, 3.8) is 0 Å². The zero-order chi connectivity index (χ0) is 22.1. The van der Waals surface area contributed by atoms with E-state index >= 15 is 0 Å². The number of rotatable bonds is 25. The lowest BCUT2D eigenvalue weighted by molar-refractivity contribution is 0.473. The van der Waals surface area contributed by atoms with E-state index in [1.165, 1.54) is 154 Å².